The standard InChI is InChI=1S/C9H18N2O2/c1-6-7(10)5-11(6)8(12)13-9(2,3)4/h6-7H,5,10H2,1-4H3/t6-,7?/m1/s1. The molecule has 0 radical (unpaired) electrons. The van der Waals surface area contributed by atoms with E-state index in [-0.39, 0.29) is 18.2 Å². The molecule has 0 aromatic carbocycles. The minimum atomic E-state index is -0.420. The van der Waals surface area contributed by atoms with Crippen molar-refractivity contribution in [2.75, 3.05) is 6.54 Å². The highest BCUT2D eigenvalue weighted by Crippen LogP contribution is 2.19. The van der Waals surface area contributed by atoms with Crippen molar-refractivity contribution in [1.82, 2.24) is 4.90 Å². The van der Waals surface area contributed by atoms with E-state index in [1.165, 1.54) is 0 Å². The monoisotopic (exact) mass is 186 g/mol. The second kappa shape index (κ2) is 3.18. The van der Waals surface area contributed by atoms with E-state index in [1.807, 2.05) is 27.7 Å². The Morgan fingerprint density at radius 1 is 1.54 bits per heavy atom. The van der Waals surface area contributed by atoms with Crippen molar-refractivity contribution < 1.29 is 9.53 Å². The minimum absolute atomic E-state index is 0.104. The van der Waals surface area contributed by atoms with Gasteiger partial charge in [0.25, 0.3) is 0 Å². The number of likely N-dealkylation sites (tertiary alicyclic amines) is 1. The molecule has 1 amide bonds. The summed E-state index contributed by atoms with van der Waals surface area (Å²) in [5, 5.41) is 0. The van der Waals surface area contributed by atoms with Crippen LogP contribution in [-0.4, -0.2) is 35.2 Å². The molecule has 76 valence electrons. The molecule has 0 bridgehead atoms. The largest absolute Gasteiger partial charge is 0.444 e. The zero-order valence-electron chi connectivity index (χ0n) is 8.70. The molecule has 13 heavy (non-hydrogen) atoms. The van der Waals surface area contributed by atoms with Gasteiger partial charge in [0.05, 0.1) is 0 Å². The summed E-state index contributed by atoms with van der Waals surface area (Å²) in [6.07, 6.45) is -0.262. The summed E-state index contributed by atoms with van der Waals surface area (Å²) >= 11 is 0. The Balaban J connectivity index is 2.42. The molecule has 4 heteroatoms. The first-order valence-electron chi connectivity index (χ1n) is 4.56. The molecule has 0 aromatic heterocycles. The lowest BCUT2D eigenvalue weighted by Crippen LogP contribution is -2.65. The van der Waals surface area contributed by atoms with Gasteiger partial charge in [0.2, 0.25) is 0 Å². The molecule has 1 aliphatic heterocycles. The lowest BCUT2D eigenvalue weighted by molar-refractivity contribution is -0.00861. The molecule has 1 aliphatic rings. The molecule has 1 saturated heterocycles. The second-order valence-electron chi connectivity index (χ2n) is 4.54. The first-order valence-corrected chi connectivity index (χ1v) is 4.56. The topological polar surface area (TPSA) is 55.6 Å². The van der Waals surface area contributed by atoms with E-state index in [9.17, 15) is 4.79 Å². The van der Waals surface area contributed by atoms with Gasteiger partial charge in [-0.1, -0.05) is 0 Å². The SMILES string of the molecule is C[C@@H]1C(N)CN1C(=O)OC(C)(C)C. The fourth-order valence-electron chi connectivity index (χ4n) is 1.20. The maximum absolute atomic E-state index is 11.4. The molecular formula is C9H18N2O2. The van der Waals surface area contributed by atoms with Crippen LogP contribution in [0.3, 0.4) is 0 Å². The summed E-state index contributed by atoms with van der Waals surface area (Å²) in [6, 6.07) is 0.211. The highest BCUT2D eigenvalue weighted by Gasteiger charge is 2.38. The molecule has 1 heterocycles. The van der Waals surface area contributed by atoms with Crippen LogP contribution in [0.25, 0.3) is 0 Å². The number of nitrogens with zero attached hydrogens (tertiary/aromatic N) is 1. The van der Waals surface area contributed by atoms with Gasteiger partial charge in [-0.25, -0.2) is 4.79 Å². The van der Waals surface area contributed by atoms with Gasteiger partial charge in [0.15, 0.2) is 0 Å². The number of amides is 1. The third kappa shape index (κ3) is 2.34. The maximum atomic E-state index is 11.4. The normalized spacial score (nSPS) is 28.2. The molecule has 0 aliphatic carbocycles. The Morgan fingerprint density at radius 3 is 2.38 bits per heavy atom. The van der Waals surface area contributed by atoms with Gasteiger partial charge >= 0.3 is 6.09 Å². The zero-order chi connectivity index (χ0) is 10.2. The molecule has 2 atom stereocenters. The van der Waals surface area contributed by atoms with E-state index in [2.05, 4.69) is 0 Å². The van der Waals surface area contributed by atoms with Gasteiger partial charge in [-0.3, -0.25) is 0 Å². The van der Waals surface area contributed by atoms with Crippen LogP contribution in [0, 0.1) is 0 Å². The average Bonchev–Trinajstić information content (AvgIpc) is 1.95. The lowest BCUT2D eigenvalue weighted by Gasteiger charge is -2.44. The van der Waals surface area contributed by atoms with Crippen LogP contribution in [0.1, 0.15) is 27.7 Å². The lowest BCUT2D eigenvalue weighted by atomic mass is 10.0. The molecular weight excluding hydrogens is 168 g/mol. The Labute approximate surface area is 79.0 Å². The molecule has 0 aromatic rings. The van der Waals surface area contributed by atoms with Crippen molar-refractivity contribution in [3.63, 3.8) is 0 Å². The Hall–Kier alpha value is -0.770. The zero-order valence-corrected chi connectivity index (χ0v) is 8.70. The van der Waals surface area contributed by atoms with Gasteiger partial charge in [-0.15, -0.1) is 0 Å². The Morgan fingerprint density at radius 2 is 2.08 bits per heavy atom. The molecule has 2 N–H and O–H groups in total. The summed E-state index contributed by atoms with van der Waals surface area (Å²) in [5.41, 5.74) is 5.24. The van der Waals surface area contributed by atoms with Crippen molar-refractivity contribution in [3.05, 3.63) is 0 Å². The fourth-order valence-corrected chi connectivity index (χ4v) is 1.20. The molecule has 1 fully saturated rings. The predicted octanol–water partition coefficient (Wildman–Crippen LogP) is 0.953. The molecule has 4 nitrogen and oxygen atoms in total. The van der Waals surface area contributed by atoms with Crippen molar-refractivity contribution in [1.29, 1.82) is 0 Å². The summed E-state index contributed by atoms with van der Waals surface area (Å²) in [7, 11) is 0. The number of carbonyl (C=O) groups excluding carboxylic acids is 1. The van der Waals surface area contributed by atoms with E-state index in [0.717, 1.165) is 0 Å². The minimum Gasteiger partial charge on any atom is -0.444 e. The average molecular weight is 186 g/mol. The van der Waals surface area contributed by atoms with Gasteiger partial charge in [0, 0.05) is 18.6 Å². The first-order chi connectivity index (χ1) is 5.81. The van der Waals surface area contributed by atoms with E-state index >= 15 is 0 Å². The highest BCUT2D eigenvalue weighted by molar-refractivity contribution is 5.70. The van der Waals surface area contributed by atoms with E-state index < -0.39 is 5.60 Å². The van der Waals surface area contributed by atoms with Crippen LogP contribution in [-0.2, 0) is 4.74 Å². The Bertz CT molecular complexity index is 210. The third-order valence-electron chi connectivity index (χ3n) is 2.15. The van der Waals surface area contributed by atoms with Gasteiger partial charge in [-0.05, 0) is 27.7 Å². The van der Waals surface area contributed by atoms with Crippen LogP contribution in [0.2, 0.25) is 0 Å². The van der Waals surface area contributed by atoms with Crippen LogP contribution in [0.5, 0.6) is 0 Å². The van der Waals surface area contributed by atoms with E-state index in [4.69, 9.17) is 10.5 Å². The van der Waals surface area contributed by atoms with E-state index in [0.29, 0.717) is 6.54 Å². The summed E-state index contributed by atoms with van der Waals surface area (Å²) in [6.45, 7) is 8.11. The number of hydrogen-bond donors (Lipinski definition) is 1. The number of nitrogens with two attached hydrogens (primary N) is 1. The first kappa shape index (κ1) is 10.3. The van der Waals surface area contributed by atoms with Crippen molar-refractivity contribution in [3.8, 4) is 0 Å². The van der Waals surface area contributed by atoms with Crippen molar-refractivity contribution in [2.24, 2.45) is 5.73 Å². The predicted molar refractivity (Wildman–Crippen MR) is 50.4 cm³/mol. The van der Waals surface area contributed by atoms with Gasteiger partial charge in [-0.2, -0.15) is 0 Å². The fraction of sp³-hybridized carbons (Fsp3) is 0.889. The summed E-state index contributed by atoms with van der Waals surface area (Å²) in [5.74, 6) is 0. The molecule has 1 rings (SSSR count). The maximum Gasteiger partial charge on any atom is 0.410 e. The van der Waals surface area contributed by atoms with Crippen molar-refractivity contribution in [2.45, 2.75) is 45.4 Å². The Kier molecular flexibility index (Phi) is 2.52. The summed E-state index contributed by atoms with van der Waals surface area (Å²) in [4.78, 5) is 13.1. The number of ether oxygens (including phenoxy) is 1. The molecule has 0 saturated carbocycles. The smallest absolute Gasteiger partial charge is 0.410 e. The molecule has 1 unspecified atom stereocenters. The van der Waals surface area contributed by atoms with Crippen LogP contribution < -0.4 is 5.73 Å². The van der Waals surface area contributed by atoms with Gasteiger partial charge < -0.3 is 15.4 Å². The molecule has 0 spiro atoms. The number of rotatable bonds is 0. The number of hydrogen-bond acceptors (Lipinski definition) is 3. The van der Waals surface area contributed by atoms with E-state index in [1.54, 1.807) is 4.90 Å². The van der Waals surface area contributed by atoms with Crippen LogP contribution >= 0.6 is 0 Å². The van der Waals surface area contributed by atoms with Crippen LogP contribution in [0.4, 0.5) is 4.79 Å². The van der Waals surface area contributed by atoms with Gasteiger partial charge in [0.1, 0.15) is 5.60 Å². The number of carbonyl (C=O) groups is 1. The van der Waals surface area contributed by atoms with Crippen molar-refractivity contribution >= 4 is 6.09 Å². The highest BCUT2D eigenvalue weighted by atomic mass is 16.6. The summed E-state index contributed by atoms with van der Waals surface area (Å²) < 4.78 is 5.19. The quantitative estimate of drug-likeness (QED) is 0.613. The van der Waals surface area contributed by atoms with Crippen LogP contribution in [0.15, 0.2) is 0 Å². The second-order valence-corrected chi connectivity index (χ2v) is 4.54. The third-order valence-corrected chi connectivity index (χ3v) is 2.15.